The summed E-state index contributed by atoms with van der Waals surface area (Å²) in [6.07, 6.45) is 7.90. The lowest BCUT2D eigenvalue weighted by Crippen LogP contribution is -2.40. The van der Waals surface area contributed by atoms with Gasteiger partial charge in [0.25, 0.3) is 5.91 Å². The van der Waals surface area contributed by atoms with Gasteiger partial charge in [-0.15, -0.1) is 0 Å². The van der Waals surface area contributed by atoms with E-state index in [9.17, 15) is 4.79 Å². The Bertz CT molecular complexity index is 1330. The Hall–Kier alpha value is -3.69. The minimum absolute atomic E-state index is 0.152. The summed E-state index contributed by atoms with van der Waals surface area (Å²) in [5.74, 6) is 0.152. The molecule has 0 N–H and O–H groups in total. The molecule has 1 amide bonds. The number of hydrogen-bond donors (Lipinski definition) is 0. The van der Waals surface area contributed by atoms with E-state index in [1.165, 1.54) is 47.1 Å². The minimum atomic E-state index is 0.152. The first-order valence-electron chi connectivity index (χ1n) is 15.5. The van der Waals surface area contributed by atoms with Gasteiger partial charge in [-0.2, -0.15) is 0 Å². The second kappa shape index (κ2) is 14.8. The summed E-state index contributed by atoms with van der Waals surface area (Å²) in [6.45, 7) is 5.93. The molecule has 0 saturated carbocycles. The van der Waals surface area contributed by atoms with E-state index in [1.54, 1.807) is 0 Å². The largest absolute Gasteiger partial charge is 0.331 e. The van der Waals surface area contributed by atoms with Crippen LogP contribution in [0.2, 0.25) is 0 Å². The molecule has 5 rings (SSSR count). The van der Waals surface area contributed by atoms with Crippen LogP contribution in [0.1, 0.15) is 72.5 Å². The molecule has 0 aromatic heterocycles. The van der Waals surface area contributed by atoms with Crippen LogP contribution in [0.3, 0.4) is 0 Å². The van der Waals surface area contributed by atoms with Crippen molar-refractivity contribution in [3.8, 4) is 11.1 Å². The zero-order valence-electron chi connectivity index (χ0n) is 24.6. The average molecular weight is 545 g/mol. The van der Waals surface area contributed by atoms with Crippen LogP contribution < -0.4 is 0 Å². The molecule has 0 bridgehead atoms. The summed E-state index contributed by atoms with van der Waals surface area (Å²) < 4.78 is 0. The highest BCUT2D eigenvalue weighted by atomic mass is 16.2. The maximum Gasteiger partial charge on any atom is 0.254 e. The zero-order chi connectivity index (χ0) is 28.3. The van der Waals surface area contributed by atoms with Crippen molar-refractivity contribution >= 4 is 5.91 Å². The number of rotatable bonds is 11. The molecule has 0 aliphatic carbocycles. The fourth-order valence-corrected chi connectivity index (χ4v) is 6.01. The van der Waals surface area contributed by atoms with Gasteiger partial charge in [-0.25, -0.2) is 0 Å². The predicted molar refractivity (Wildman–Crippen MR) is 171 cm³/mol. The van der Waals surface area contributed by atoms with Gasteiger partial charge in [-0.3, -0.25) is 9.69 Å². The molecule has 4 aromatic carbocycles. The molecular weight excluding hydrogens is 500 g/mol. The topological polar surface area (TPSA) is 23.6 Å². The smallest absolute Gasteiger partial charge is 0.254 e. The molecule has 1 unspecified atom stereocenters. The standard InChI is InChI=1S/C38H44N2O/c1-2-3-6-12-31-18-24-36(25-19-31)38(41)40(30-33-20-22-35(23-21-33)34-15-9-5-10-16-34)37-17-11-27-39(28-26-37)29-32-13-7-4-8-14-32/h4-5,7-10,13-16,18-25,37H,2-3,6,11-12,17,26-30H2,1H3. The normalized spacial score (nSPS) is 15.8. The Labute approximate surface area is 246 Å². The average Bonchev–Trinajstić information content (AvgIpc) is 3.26. The molecule has 3 nitrogen and oxygen atoms in total. The van der Waals surface area contributed by atoms with Crippen LogP contribution in [0.4, 0.5) is 0 Å². The van der Waals surface area contributed by atoms with Crippen LogP contribution in [-0.2, 0) is 19.5 Å². The number of hydrogen-bond acceptors (Lipinski definition) is 2. The summed E-state index contributed by atoms with van der Waals surface area (Å²) in [4.78, 5) is 18.8. The van der Waals surface area contributed by atoms with Gasteiger partial charge in [-0.1, -0.05) is 117 Å². The van der Waals surface area contributed by atoms with Gasteiger partial charge in [0.1, 0.15) is 0 Å². The van der Waals surface area contributed by atoms with Crippen molar-refractivity contribution in [3.63, 3.8) is 0 Å². The zero-order valence-corrected chi connectivity index (χ0v) is 24.6. The molecule has 41 heavy (non-hydrogen) atoms. The summed E-state index contributed by atoms with van der Waals surface area (Å²) in [5, 5.41) is 0. The van der Waals surface area contributed by atoms with E-state index in [4.69, 9.17) is 0 Å². The van der Waals surface area contributed by atoms with E-state index in [1.807, 2.05) is 18.2 Å². The van der Waals surface area contributed by atoms with E-state index < -0.39 is 0 Å². The van der Waals surface area contributed by atoms with Crippen molar-refractivity contribution < 1.29 is 4.79 Å². The lowest BCUT2D eigenvalue weighted by Gasteiger charge is -2.32. The summed E-state index contributed by atoms with van der Waals surface area (Å²) >= 11 is 0. The number of aryl methyl sites for hydroxylation is 1. The molecule has 1 heterocycles. The fraction of sp³-hybridized carbons (Fsp3) is 0.342. The summed E-state index contributed by atoms with van der Waals surface area (Å²) in [6, 6.07) is 38.6. The predicted octanol–water partition coefficient (Wildman–Crippen LogP) is 8.78. The number of benzene rings is 4. The number of unbranched alkanes of at least 4 members (excludes halogenated alkanes) is 2. The number of amides is 1. The van der Waals surface area contributed by atoms with Gasteiger partial charge in [0.15, 0.2) is 0 Å². The van der Waals surface area contributed by atoms with Crippen molar-refractivity contribution in [2.45, 2.75) is 71.0 Å². The summed E-state index contributed by atoms with van der Waals surface area (Å²) in [5.41, 5.74) is 7.08. The van der Waals surface area contributed by atoms with Crippen molar-refractivity contribution in [1.82, 2.24) is 9.80 Å². The van der Waals surface area contributed by atoms with Gasteiger partial charge < -0.3 is 4.90 Å². The third kappa shape index (κ3) is 8.17. The third-order valence-corrected chi connectivity index (χ3v) is 8.42. The molecule has 0 spiro atoms. The molecular formula is C38H44N2O. The van der Waals surface area contributed by atoms with Gasteiger partial charge in [0.05, 0.1) is 0 Å². The first-order chi connectivity index (χ1) is 20.2. The fourth-order valence-electron chi connectivity index (χ4n) is 6.01. The van der Waals surface area contributed by atoms with E-state index in [0.29, 0.717) is 6.54 Å². The minimum Gasteiger partial charge on any atom is -0.331 e. The maximum atomic E-state index is 14.1. The van der Waals surface area contributed by atoms with Crippen LogP contribution in [0.15, 0.2) is 109 Å². The molecule has 1 aliphatic rings. The highest BCUT2D eigenvalue weighted by molar-refractivity contribution is 5.94. The van der Waals surface area contributed by atoms with Gasteiger partial charge in [0, 0.05) is 31.2 Å². The SMILES string of the molecule is CCCCCc1ccc(C(=O)N(Cc2ccc(-c3ccccc3)cc2)C2CCCN(Cc3ccccc3)CC2)cc1. The van der Waals surface area contributed by atoms with E-state index in [-0.39, 0.29) is 11.9 Å². The maximum absolute atomic E-state index is 14.1. The Morgan fingerprint density at radius 2 is 1.37 bits per heavy atom. The molecule has 1 atom stereocenters. The second-order valence-corrected chi connectivity index (χ2v) is 11.5. The van der Waals surface area contributed by atoms with Gasteiger partial charge in [-0.05, 0) is 78.6 Å². The first kappa shape index (κ1) is 28.8. The monoisotopic (exact) mass is 544 g/mol. The lowest BCUT2D eigenvalue weighted by atomic mass is 10.0. The van der Waals surface area contributed by atoms with E-state index in [2.05, 4.69) is 108 Å². The molecule has 1 aliphatic heterocycles. The van der Waals surface area contributed by atoms with E-state index in [0.717, 1.165) is 50.9 Å². The lowest BCUT2D eigenvalue weighted by molar-refractivity contribution is 0.0641. The van der Waals surface area contributed by atoms with Gasteiger partial charge >= 0.3 is 0 Å². The Morgan fingerprint density at radius 1 is 0.707 bits per heavy atom. The van der Waals surface area contributed by atoms with Crippen molar-refractivity contribution in [1.29, 1.82) is 0 Å². The molecule has 212 valence electrons. The number of nitrogens with zero attached hydrogens (tertiary/aromatic N) is 2. The molecule has 1 fully saturated rings. The van der Waals surface area contributed by atoms with Crippen molar-refractivity contribution in [2.24, 2.45) is 0 Å². The van der Waals surface area contributed by atoms with Crippen LogP contribution in [0.25, 0.3) is 11.1 Å². The third-order valence-electron chi connectivity index (χ3n) is 8.42. The Balaban J connectivity index is 1.32. The quantitative estimate of drug-likeness (QED) is 0.176. The Morgan fingerprint density at radius 3 is 2.07 bits per heavy atom. The molecule has 4 aromatic rings. The molecule has 0 radical (unpaired) electrons. The van der Waals surface area contributed by atoms with E-state index >= 15 is 0 Å². The number of carbonyl (C=O) groups is 1. The number of likely N-dealkylation sites (tertiary alicyclic amines) is 1. The van der Waals surface area contributed by atoms with Crippen LogP contribution >= 0.6 is 0 Å². The van der Waals surface area contributed by atoms with Crippen molar-refractivity contribution in [3.05, 3.63) is 131 Å². The van der Waals surface area contributed by atoms with Gasteiger partial charge in [0.2, 0.25) is 0 Å². The molecule has 1 saturated heterocycles. The molecule has 3 heteroatoms. The first-order valence-corrected chi connectivity index (χ1v) is 15.5. The number of carbonyl (C=O) groups excluding carboxylic acids is 1. The van der Waals surface area contributed by atoms with Crippen molar-refractivity contribution in [2.75, 3.05) is 13.1 Å². The highest BCUT2D eigenvalue weighted by Crippen LogP contribution is 2.25. The Kier molecular flexibility index (Phi) is 10.4. The van der Waals surface area contributed by atoms with Crippen LogP contribution in [-0.4, -0.2) is 34.8 Å². The summed E-state index contributed by atoms with van der Waals surface area (Å²) in [7, 11) is 0. The highest BCUT2D eigenvalue weighted by Gasteiger charge is 2.27. The second-order valence-electron chi connectivity index (χ2n) is 11.5. The van der Waals surface area contributed by atoms with Crippen LogP contribution in [0.5, 0.6) is 0 Å². The van der Waals surface area contributed by atoms with Crippen LogP contribution in [0, 0.1) is 0 Å².